The molecular weight excluding hydrogens is 687 g/mol. The van der Waals surface area contributed by atoms with Gasteiger partial charge in [0.15, 0.2) is 0 Å². The first-order valence-electron chi connectivity index (χ1n) is 20.1. The Morgan fingerprint density at radius 3 is 1.56 bits per heavy atom. The highest BCUT2D eigenvalue weighted by Gasteiger charge is 2.52. The van der Waals surface area contributed by atoms with Gasteiger partial charge in [0.05, 0.1) is 11.1 Å². The standard InChI is InChI=1S/C56H39N/c1-55(2)47-23-9-5-18-42(47)45-34-33-39(35-52(45)55)57(38-31-29-37(30-32-38)41-22-13-16-36-15-3-4-17-40(36)41)53-28-14-27-51-54(53)46-21-8-12-26-50(46)56(51)48-24-10-6-19-43(48)44-20-7-11-25-49(44)56/h3-35H,1-2H3. The second kappa shape index (κ2) is 11.8. The number of fused-ring (bicyclic) bond motifs is 14. The molecular formula is C56H39N. The third kappa shape index (κ3) is 4.29. The predicted molar refractivity (Wildman–Crippen MR) is 238 cm³/mol. The van der Waals surface area contributed by atoms with Crippen LogP contribution < -0.4 is 4.90 Å². The van der Waals surface area contributed by atoms with Gasteiger partial charge in [-0.2, -0.15) is 0 Å². The lowest BCUT2D eigenvalue weighted by molar-refractivity contribution is 0.660. The van der Waals surface area contributed by atoms with Gasteiger partial charge in [-0.1, -0.05) is 184 Å². The Morgan fingerprint density at radius 2 is 0.842 bits per heavy atom. The van der Waals surface area contributed by atoms with E-state index < -0.39 is 5.41 Å². The van der Waals surface area contributed by atoms with Crippen LogP contribution in [0.25, 0.3) is 55.3 Å². The highest BCUT2D eigenvalue weighted by molar-refractivity contribution is 6.02. The van der Waals surface area contributed by atoms with E-state index in [0.29, 0.717) is 0 Å². The predicted octanol–water partition coefficient (Wildman–Crippen LogP) is 14.6. The van der Waals surface area contributed by atoms with Crippen LogP contribution in [0.4, 0.5) is 17.1 Å². The van der Waals surface area contributed by atoms with Gasteiger partial charge in [0.1, 0.15) is 0 Å². The maximum Gasteiger partial charge on any atom is 0.0726 e. The number of nitrogens with zero attached hydrogens (tertiary/aromatic N) is 1. The monoisotopic (exact) mass is 725 g/mol. The second-order valence-corrected chi connectivity index (χ2v) is 16.4. The molecule has 3 aliphatic rings. The lowest BCUT2D eigenvalue weighted by Gasteiger charge is -2.32. The molecule has 0 fully saturated rings. The highest BCUT2D eigenvalue weighted by Crippen LogP contribution is 2.65. The molecule has 1 nitrogen and oxygen atoms in total. The SMILES string of the molecule is CC1(C)c2ccccc2-c2ccc(N(c3ccc(-c4cccc5ccccc45)cc3)c3cccc4c3-c3ccccc3C43c4ccccc4-c4ccccc43)cc21. The van der Waals surface area contributed by atoms with Crippen LogP contribution in [-0.2, 0) is 10.8 Å². The summed E-state index contributed by atoms with van der Waals surface area (Å²) in [6, 6.07) is 74.9. The number of hydrogen-bond donors (Lipinski definition) is 0. The third-order valence-electron chi connectivity index (χ3n) is 13.3. The van der Waals surface area contributed by atoms with E-state index in [4.69, 9.17) is 0 Å². The molecule has 0 heterocycles. The molecule has 9 aromatic carbocycles. The van der Waals surface area contributed by atoms with E-state index in [-0.39, 0.29) is 5.41 Å². The fraction of sp³-hybridized carbons (Fsp3) is 0.0714. The van der Waals surface area contributed by atoms with Crippen LogP contribution in [0.3, 0.4) is 0 Å². The van der Waals surface area contributed by atoms with Crippen LogP contribution in [0.2, 0.25) is 0 Å². The van der Waals surface area contributed by atoms with E-state index in [0.717, 1.165) is 11.4 Å². The minimum absolute atomic E-state index is 0.127. The molecule has 0 aromatic heterocycles. The molecule has 0 bridgehead atoms. The minimum Gasteiger partial charge on any atom is -0.310 e. The lowest BCUT2D eigenvalue weighted by Crippen LogP contribution is -2.26. The van der Waals surface area contributed by atoms with E-state index >= 15 is 0 Å². The zero-order valence-electron chi connectivity index (χ0n) is 32.0. The maximum absolute atomic E-state index is 2.52. The summed E-state index contributed by atoms with van der Waals surface area (Å²) in [4.78, 5) is 2.52. The fourth-order valence-corrected chi connectivity index (χ4v) is 10.8. The van der Waals surface area contributed by atoms with E-state index in [2.05, 4.69) is 219 Å². The first-order chi connectivity index (χ1) is 28.0. The van der Waals surface area contributed by atoms with Crippen LogP contribution in [0.15, 0.2) is 200 Å². The summed E-state index contributed by atoms with van der Waals surface area (Å²) in [5, 5.41) is 2.52. The van der Waals surface area contributed by atoms with Crippen LogP contribution in [0.1, 0.15) is 47.2 Å². The van der Waals surface area contributed by atoms with Crippen molar-refractivity contribution in [2.24, 2.45) is 0 Å². The second-order valence-electron chi connectivity index (χ2n) is 16.4. The fourth-order valence-electron chi connectivity index (χ4n) is 10.8. The molecule has 1 heteroatoms. The number of hydrogen-bond acceptors (Lipinski definition) is 1. The van der Waals surface area contributed by atoms with Gasteiger partial charge < -0.3 is 4.90 Å². The third-order valence-corrected chi connectivity index (χ3v) is 13.3. The molecule has 0 radical (unpaired) electrons. The Hall–Kier alpha value is -6.96. The quantitative estimate of drug-likeness (QED) is 0.175. The Balaban J connectivity index is 1.12. The Labute approximate surface area is 334 Å². The molecule has 12 rings (SSSR count). The van der Waals surface area contributed by atoms with Gasteiger partial charge in [-0.25, -0.2) is 0 Å². The van der Waals surface area contributed by atoms with Crippen molar-refractivity contribution >= 4 is 27.8 Å². The highest BCUT2D eigenvalue weighted by atomic mass is 15.1. The summed E-state index contributed by atoms with van der Waals surface area (Å²) in [6.45, 7) is 4.75. The number of rotatable bonds is 4. The van der Waals surface area contributed by atoms with Gasteiger partial charge in [-0.15, -0.1) is 0 Å². The van der Waals surface area contributed by atoms with Crippen molar-refractivity contribution in [2.45, 2.75) is 24.7 Å². The van der Waals surface area contributed by atoms with E-state index in [9.17, 15) is 0 Å². The summed E-state index contributed by atoms with van der Waals surface area (Å²) in [5.41, 5.74) is 21.4. The van der Waals surface area contributed by atoms with Gasteiger partial charge in [0.25, 0.3) is 0 Å². The van der Waals surface area contributed by atoms with Crippen molar-refractivity contribution in [2.75, 3.05) is 4.90 Å². The molecule has 0 saturated heterocycles. The van der Waals surface area contributed by atoms with Gasteiger partial charge in [-0.3, -0.25) is 0 Å². The Bertz CT molecular complexity index is 3060. The van der Waals surface area contributed by atoms with Crippen molar-refractivity contribution in [1.29, 1.82) is 0 Å². The molecule has 0 aliphatic heterocycles. The van der Waals surface area contributed by atoms with Crippen molar-refractivity contribution in [1.82, 2.24) is 0 Å². The van der Waals surface area contributed by atoms with Crippen LogP contribution in [0.5, 0.6) is 0 Å². The van der Waals surface area contributed by atoms with Crippen LogP contribution in [0, 0.1) is 0 Å². The normalized spacial score (nSPS) is 14.4. The van der Waals surface area contributed by atoms with Crippen molar-refractivity contribution in [3.8, 4) is 44.5 Å². The maximum atomic E-state index is 2.52. The molecule has 268 valence electrons. The Kier molecular flexibility index (Phi) is 6.67. The minimum atomic E-state index is -0.416. The zero-order chi connectivity index (χ0) is 37.9. The lowest BCUT2D eigenvalue weighted by atomic mass is 9.70. The molecule has 57 heavy (non-hydrogen) atoms. The number of anilines is 3. The molecule has 0 N–H and O–H groups in total. The summed E-state index contributed by atoms with van der Waals surface area (Å²) >= 11 is 0. The zero-order valence-corrected chi connectivity index (χ0v) is 32.0. The van der Waals surface area contributed by atoms with Gasteiger partial charge in [0, 0.05) is 22.4 Å². The van der Waals surface area contributed by atoms with E-state index in [1.165, 1.54) is 94.3 Å². The largest absolute Gasteiger partial charge is 0.310 e. The van der Waals surface area contributed by atoms with E-state index in [1.54, 1.807) is 0 Å². The smallest absolute Gasteiger partial charge is 0.0726 e. The molecule has 3 aliphatic carbocycles. The van der Waals surface area contributed by atoms with Crippen molar-refractivity contribution in [3.63, 3.8) is 0 Å². The molecule has 9 aromatic rings. The first kappa shape index (κ1) is 32.3. The molecule has 0 saturated carbocycles. The van der Waals surface area contributed by atoms with Crippen molar-refractivity contribution in [3.05, 3.63) is 234 Å². The van der Waals surface area contributed by atoms with Gasteiger partial charge >= 0.3 is 0 Å². The molecule has 0 amide bonds. The molecule has 0 atom stereocenters. The summed E-state index contributed by atoms with van der Waals surface area (Å²) < 4.78 is 0. The average Bonchev–Trinajstić information content (AvgIpc) is 3.83. The van der Waals surface area contributed by atoms with Crippen molar-refractivity contribution < 1.29 is 0 Å². The molecule has 1 spiro atoms. The molecule has 0 unspecified atom stereocenters. The topological polar surface area (TPSA) is 3.24 Å². The number of benzene rings is 9. The summed E-state index contributed by atoms with van der Waals surface area (Å²) in [5.74, 6) is 0. The van der Waals surface area contributed by atoms with Gasteiger partial charge in [0.2, 0.25) is 0 Å². The Morgan fingerprint density at radius 1 is 0.351 bits per heavy atom. The average molecular weight is 726 g/mol. The first-order valence-corrected chi connectivity index (χ1v) is 20.1. The summed E-state index contributed by atoms with van der Waals surface area (Å²) in [7, 11) is 0. The van der Waals surface area contributed by atoms with Gasteiger partial charge in [-0.05, 0) is 113 Å². The van der Waals surface area contributed by atoms with Crippen LogP contribution >= 0.6 is 0 Å². The van der Waals surface area contributed by atoms with Crippen LogP contribution in [-0.4, -0.2) is 0 Å². The summed E-state index contributed by atoms with van der Waals surface area (Å²) in [6.07, 6.45) is 0. The van der Waals surface area contributed by atoms with E-state index in [1.807, 2.05) is 0 Å².